The summed E-state index contributed by atoms with van der Waals surface area (Å²) in [7, 11) is 2.02. The smallest absolute Gasteiger partial charge is 0.184 e. The third-order valence-electron chi connectivity index (χ3n) is 5.36. The van der Waals surface area contributed by atoms with Gasteiger partial charge in [0, 0.05) is 11.3 Å². The van der Waals surface area contributed by atoms with Crippen LogP contribution < -0.4 is 21.7 Å². The highest BCUT2D eigenvalue weighted by molar-refractivity contribution is 6.59. The molecule has 0 spiro atoms. The lowest BCUT2D eigenvalue weighted by Crippen LogP contribution is -2.16. The van der Waals surface area contributed by atoms with Gasteiger partial charge in [0.15, 0.2) is 7.28 Å². The second-order valence-corrected chi connectivity index (χ2v) is 8.07. The monoisotopic (exact) mass is 425 g/mol. The van der Waals surface area contributed by atoms with Crippen LogP contribution in [0.3, 0.4) is 0 Å². The van der Waals surface area contributed by atoms with Crippen molar-refractivity contribution in [2.24, 2.45) is 16.6 Å². The Balaban J connectivity index is 1.81. The van der Waals surface area contributed by atoms with Gasteiger partial charge in [0.2, 0.25) is 0 Å². The SMILES string of the molecule is C=C(N=N)c1ccc2ccc(/C(N)=C/[B]c3ccc(OCCCN)c(C(C)C)c3)cc2c1. The molecule has 5 nitrogen and oxygen atoms in total. The van der Waals surface area contributed by atoms with E-state index in [1.54, 1.807) is 0 Å². The number of hydrogen-bond donors (Lipinski definition) is 3. The largest absolute Gasteiger partial charge is 0.493 e. The fraction of sp³-hybridized carbons (Fsp3) is 0.231. The Bertz CT molecular complexity index is 1150. The molecular weight excluding hydrogens is 395 g/mol. The second kappa shape index (κ2) is 10.8. The number of nitrogens with zero attached hydrogens (tertiary/aromatic N) is 1. The van der Waals surface area contributed by atoms with Crippen molar-refractivity contribution >= 4 is 34.9 Å². The molecule has 3 rings (SSSR count). The molecule has 5 N–H and O–H groups in total. The summed E-state index contributed by atoms with van der Waals surface area (Å²) in [6.45, 7) is 9.37. The zero-order valence-corrected chi connectivity index (χ0v) is 18.8. The minimum atomic E-state index is 0.345. The van der Waals surface area contributed by atoms with Crippen LogP contribution in [0, 0.1) is 5.53 Å². The highest BCUT2D eigenvalue weighted by Gasteiger charge is 2.10. The van der Waals surface area contributed by atoms with Crippen molar-refractivity contribution in [1.29, 1.82) is 5.53 Å². The normalized spacial score (nSPS) is 11.6. The van der Waals surface area contributed by atoms with Crippen molar-refractivity contribution in [1.82, 2.24) is 0 Å². The Morgan fingerprint density at radius 2 is 1.81 bits per heavy atom. The van der Waals surface area contributed by atoms with Gasteiger partial charge in [0.05, 0.1) is 12.3 Å². The molecule has 0 atom stereocenters. The number of nitrogens with one attached hydrogen (secondary N) is 1. The van der Waals surface area contributed by atoms with E-state index in [1.165, 1.54) is 5.56 Å². The lowest BCUT2D eigenvalue weighted by molar-refractivity contribution is 0.309. The fourth-order valence-electron chi connectivity index (χ4n) is 3.47. The maximum atomic E-state index is 7.18. The molecule has 0 saturated carbocycles. The van der Waals surface area contributed by atoms with Gasteiger partial charge in [-0.2, -0.15) is 5.11 Å². The van der Waals surface area contributed by atoms with E-state index in [4.69, 9.17) is 21.7 Å². The van der Waals surface area contributed by atoms with E-state index in [2.05, 4.69) is 31.6 Å². The van der Waals surface area contributed by atoms with Crippen LogP contribution in [0.2, 0.25) is 0 Å². The molecule has 0 aliphatic rings. The Labute approximate surface area is 190 Å². The molecule has 0 unspecified atom stereocenters. The van der Waals surface area contributed by atoms with Crippen LogP contribution in [0.5, 0.6) is 5.75 Å². The molecule has 6 heteroatoms. The zero-order valence-electron chi connectivity index (χ0n) is 18.8. The molecule has 0 fully saturated rings. The summed E-state index contributed by atoms with van der Waals surface area (Å²) in [5.41, 5.74) is 24.3. The Kier molecular flexibility index (Phi) is 7.85. The van der Waals surface area contributed by atoms with E-state index in [1.807, 2.05) is 61.8 Å². The number of ether oxygens (including phenoxy) is 1. The molecular formula is C26H30BN4O. The molecule has 0 aliphatic carbocycles. The van der Waals surface area contributed by atoms with Crippen LogP contribution >= 0.6 is 0 Å². The fourth-order valence-corrected chi connectivity index (χ4v) is 3.47. The molecule has 32 heavy (non-hydrogen) atoms. The van der Waals surface area contributed by atoms with E-state index in [0.29, 0.717) is 30.5 Å². The van der Waals surface area contributed by atoms with Crippen LogP contribution in [0.4, 0.5) is 0 Å². The van der Waals surface area contributed by atoms with Gasteiger partial charge < -0.3 is 16.2 Å². The average molecular weight is 425 g/mol. The predicted molar refractivity (Wildman–Crippen MR) is 135 cm³/mol. The summed E-state index contributed by atoms with van der Waals surface area (Å²) >= 11 is 0. The van der Waals surface area contributed by atoms with Crippen LogP contribution in [-0.2, 0) is 0 Å². The van der Waals surface area contributed by atoms with Gasteiger partial charge in [0.25, 0.3) is 0 Å². The zero-order chi connectivity index (χ0) is 23.1. The van der Waals surface area contributed by atoms with Crippen molar-refractivity contribution in [3.8, 4) is 5.75 Å². The molecule has 1 radical (unpaired) electrons. The van der Waals surface area contributed by atoms with E-state index in [-0.39, 0.29) is 0 Å². The maximum absolute atomic E-state index is 7.18. The summed E-state index contributed by atoms with van der Waals surface area (Å²) in [6.07, 6.45) is 0.837. The van der Waals surface area contributed by atoms with Gasteiger partial charge in [-0.15, -0.1) is 0 Å². The minimum absolute atomic E-state index is 0.345. The first-order valence-corrected chi connectivity index (χ1v) is 10.8. The van der Waals surface area contributed by atoms with E-state index >= 15 is 0 Å². The molecule has 0 aromatic heterocycles. The van der Waals surface area contributed by atoms with Gasteiger partial charge in [-0.25, -0.2) is 5.53 Å². The molecule has 0 bridgehead atoms. The first-order valence-electron chi connectivity index (χ1n) is 10.8. The quantitative estimate of drug-likeness (QED) is 0.243. The van der Waals surface area contributed by atoms with Gasteiger partial charge in [-0.1, -0.05) is 68.3 Å². The summed E-state index contributed by atoms with van der Waals surface area (Å²) in [5.74, 6) is 3.18. The number of nitrogens with two attached hydrogens (primary N) is 2. The van der Waals surface area contributed by atoms with Crippen molar-refractivity contribution in [2.75, 3.05) is 13.2 Å². The number of benzene rings is 3. The summed E-state index contributed by atoms with van der Waals surface area (Å²) in [4.78, 5) is 0. The third kappa shape index (κ3) is 5.65. The first kappa shape index (κ1) is 23.3. The first-order chi connectivity index (χ1) is 15.4. The van der Waals surface area contributed by atoms with Crippen LogP contribution in [-0.4, -0.2) is 20.4 Å². The van der Waals surface area contributed by atoms with Crippen LogP contribution in [0.15, 0.2) is 72.3 Å². The van der Waals surface area contributed by atoms with E-state index < -0.39 is 0 Å². The third-order valence-corrected chi connectivity index (χ3v) is 5.36. The lowest BCUT2D eigenvalue weighted by Gasteiger charge is -2.15. The van der Waals surface area contributed by atoms with Gasteiger partial charge in [0.1, 0.15) is 5.75 Å². The van der Waals surface area contributed by atoms with Gasteiger partial charge >= 0.3 is 0 Å². The molecule has 0 heterocycles. The summed E-state index contributed by atoms with van der Waals surface area (Å²) < 4.78 is 5.91. The number of fused-ring (bicyclic) bond motifs is 1. The summed E-state index contributed by atoms with van der Waals surface area (Å²) in [5, 5.41) is 5.56. The number of rotatable bonds is 10. The van der Waals surface area contributed by atoms with E-state index in [0.717, 1.165) is 39.5 Å². The average Bonchev–Trinajstić information content (AvgIpc) is 2.81. The highest BCUT2D eigenvalue weighted by Crippen LogP contribution is 2.26. The Morgan fingerprint density at radius 1 is 1.09 bits per heavy atom. The predicted octanol–water partition coefficient (Wildman–Crippen LogP) is 4.98. The standard InChI is InChI=1S/C26H30BN4O/c1-17(2)24-15-23(9-10-26(24)32-12-4-11-28)27-16-25(29)21-8-6-19-5-7-20(18(3)31-30)13-22(19)14-21/h5-10,13-17,30H,3-4,11-12,28-29H2,1-2H3/b25-16-,31-30?. The number of hydrogen-bond acceptors (Lipinski definition) is 5. The summed E-state index contributed by atoms with van der Waals surface area (Å²) in [6, 6.07) is 18.2. The minimum Gasteiger partial charge on any atom is -0.493 e. The second-order valence-electron chi connectivity index (χ2n) is 8.07. The van der Waals surface area contributed by atoms with Gasteiger partial charge in [-0.05, 0) is 59.0 Å². The van der Waals surface area contributed by atoms with Crippen molar-refractivity contribution in [2.45, 2.75) is 26.2 Å². The van der Waals surface area contributed by atoms with Crippen molar-refractivity contribution in [3.63, 3.8) is 0 Å². The maximum Gasteiger partial charge on any atom is 0.184 e. The lowest BCUT2D eigenvalue weighted by atomic mass is 9.68. The van der Waals surface area contributed by atoms with Crippen LogP contribution in [0.1, 0.15) is 42.9 Å². The Morgan fingerprint density at radius 3 is 2.50 bits per heavy atom. The molecule has 0 amide bonds. The molecule has 3 aromatic carbocycles. The topological polar surface area (TPSA) is 97.5 Å². The van der Waals surface area contributed by atoms with Crippen molar-refractivity contribution in [3.05, 3.63) is 83.8 Å². The van der Waals surface area contributed by atoms with Crippen molar-refractivity contribution < 1.29 is 4.74 Å². The molecule has 3 aromatic rings. The molecule has 163 valence electrons. The van der Waals surface area contributed by atoms with Gasteiger partial charge in [-0.3, -0.25) is 0 Å². The Hall–Kier alpha value is -3.38. The highest BCUT2D eigenvalue weighted by atomic mass is 16.5. The molecule has 0 aliphatic heterocycles. The van der Waals surface area contributed by atoms with Crippen LogP contribution in [0.25, 0.3) is 22.2 Å². The molecule has 0 saturated heterocycles. The van der Waals surface area contributed by atoms with E-state index in [9.17, 15) is 0 Å².